The van der Waals surface area contributed by atoms with Gasteiger partial charge in [0.2, 0.25) is 11.7 Å². The van der Waals surface area contributed by atoms with E-state index in [0.29, 0.717) is 24.1 Å². The number of rotatable bonds is 4. The van der Waals surface area contributed by atoms with Crippen molar-refractivity contribution in [3.8, 4) is 5.75 Å². The lowest BCUT2D eigenvalue weighted by atomic mass is 10.1. The van der Waals surface area contributed by atoms with E-state index < -0.39 is 0 Å². The van der Waals surface area contributed by atoms with Crippen molar-refractivity contribution < 1.29 is 18.4 Å². The van der Waals surface area contributed by atoms with E-state index in [9.17, 15) is 4.39 Å². The van der Waals surface area contributed by atoms with Gasteiger partial charge in [-0.2, -0.15) is 4.98 Å². The monoisotopic (exact) mass is 293 g/mol. The molecule has 3 rings (SSSR count). The normalized spacial score (nSPS) is 22.2. The van der Waals surface area contributed by atoms with Gasteiger partial charge in [0.1, 0.15) is 17.6 Å². The molecule has 0 spiro atoms. The van der Waals surface area contributed by atoms with Gasteiger partial charge in [0, 0.05) is 12.6 Å². The minimum absolute atomic E-state index is 0.0313. The van der Waals surface area contributed by atoms with Gasteiger partial charge in [-0.15, -0.1) is 0 Å². The second kappa shape index (κ2) is 6.19. The first kappa shape index (κ1) is 14.0. The quantitative estimate of drug-likeness (QED) is 0.927. The van der Waals surface area contributed by atoms with Crippen LogP contribution in [0.1, 0.15) is 24.7 Å². The molecule has 0 unspecified atom stereocenters. The lowest BCUT2D eigenvalue weighted by Crippen LogP contribution is -2.40. The maximum atomic E-state index is 13.0. The minimum Gasteiger partial charge on any atom is -0.485 e. The SMILES string of the molecule is C[C@H]1OCCN[C@@H]1c1nc(COc2cccc(F)c2)no1. The number of morpholine rings is 1. The molecular weight excluding hydrogens is 277 g/mol. The van der Waals surface area contributed by atoms with E-state index in [-0.39, 0.29) is 24.6 Å². The fourth-order valence-electron chi connectivity index (χ4n) is 2.17. The summed E-state index contributed by atoms with van der Waals surface area (Å²) in [5.41, 5.74) is 0. The van der Waals surface area contributed by atoms with Gasteiger partial charge < -0.3 is 19.3 Å². The van der Waals surface area contributed by atoms with Crippen molar-refractivity contribution in [3.63, 3.8) is 0 Å². The third-order valence-electron chi connectivity index (χ3n) is 3.23. The number of ether oxygens (including phenoxy) is 2. The molecule has 0 bridgehead atoms. The summed E-state index contributed by atoms with van der Waals surface area (Å²) in [4.78, 5) is 4.28. The number of nitrogens with one attached hydrogen (secondary N) is 1. The molecule has 0 saturated carbocycles. The highest BCUT2D eigenvalue weighted by Crippen LogP contribution is 2.20. The molecule has 1 N–H and O–H groups in total. The van der Waals surface area contributed by atoms with Crippen LogP contribution in [0.4, 0.5) is 4.39 Å². The first-order chi connectivity index (χ1) is 10.2. The lowest BCUT2D eigenvalue weighted by Gasteiger charge is -2.27. The van der Waals surface area contributed by atoms with Gasteiger partial charge in [0.25, 0.3) is 0 Å². The lowest BCUT2D eigenvalue weighted by molar-refractivity contribution is -0.00136. The molecule has 0 aliphatic carbocycles. The average molecular weight is 293 g/mol. The van der Waals surface area contributed by atoms with Crippen LogP contribution in [0, 0.1) is 5.82 Å². The maximum Gasteiger partial charge on any atom is 0.246 e. The van der Waals surface area contributed by atoms with E-state index in [2.05, 4.69) is 15.5 Å². The molecule has 1 aromatic carbocycles. The maximum absolute atomic E-state index is 13.0. The molecular formula is C14H16FN3O3. The Kier molecular flexibility index (Phi) is 4.12. The highest BCUT2D eigenvalue weighted by atomic mass is 19.1. The molecule has 1 fully saturated rings. The molecule has 2 aromatic rings. The standard InChI is InChI=1S/C14H16FN3O3/c1-9-13(16-5-6-19-9)14-17-12(18-21-14)8-20-11-4-2-3-10(15)7-11/h2-4,7,9,13,16H,5-6,8H2,1H3/t9-,13+/m1/s1. The van der Waals surface area contributed by atoms with Crippen LogP contribution in [0.5, 0.6) is 5.75 Å². The Labute approximate surface area is 121 Å². The van der Waals surface area contributed by atoms with Crippen LogP contribution in [0.15, 0.2) is 28.8 Å². The number of nitrogens with zero attached hydrogens (tertiary/aromatic N) is 2. The van der Waals surface area contributed by atoms with Crippen molar-refractivity contribution in [1.82, 2.24) is 15.5 Å². The van der Waals surface area contributed by atoms with Gasteiger partial charge in [-0.25, -0.2) is 4.39 Å². The van der Waals surface area contributed by atoms with Crippen molar-refractivity contribution in [2.24, 2.45) is 0 Å². The number of halogens is 1. The van der Waals surface area contributed by atoms with Crippen molar-refractivity contribution in [2.45, 2.75) is 25.7 Å². The molecule has 2 atom stereocenters. The predicted octanol–water partition coefficient (Wildman–Crippen LogP) is 1.84. The number of benzene rings is 1. The smallest absolute Gasteiger partial charge is 0.246 e. The van der Waals surface area contributed by atoms with Crippen molar-refractivity contribution in [2.75, 3.05) is 13.2 Å². The second-order valence-electron chi connectivity index (χ2n) is 4.80. The Morgan fingerprint density at radius 1 is 1.48 bits per heavy atom. The van der Waals surface area contributed by atoms with E-state index >= 15 is 0 Å². The zero-order chi connectivity index (χ0) is 14.7. The summed E-state index contributed by atoms with van der Waals surface area (Å²) in [6.45, 7) is 3.48. The van der Waals surface area contributed by atoms with Gasteiger partial charge in [-0.05, 0) is 19.1 Å². The second-order valence-corrected chi connectivity index (χ2v) is 4.80. The third-order valence-corrected chi connectivity index (χ3v) is 3.23. The summed E-state index contributed by atoms with van der Waals surface area (Å²) in [5.74, 6) is 0.960. The third kappa shape index (κ3) is 3.37. The highest BCUT2D eigenvalue weighted by molar-refractivity contribution is 5.22. The van der Waals surface area contributed by atoms with Crippen LogP contribution in [0.2, 0.25) is 0 Å². The van der Waals surface area contributed by atoms with E-state index in [1.807, 2.05) is 6.92 Å². The van der Waals surface area contributed by atoms with Crippen LogP contribution in [-0.2, 0) is 11.3 Å². The summed E-state index contributed by atoms with van der Waals surface area (Å²) in [6, 6.07) is 5.80. The molecule has 6 nitrogen and oxygen atoms in total. The number of aromatic nitrogens is 2. The summed E-state index contributed by atoms with van der Waals surface area (Å²) < 4.78 is 29.2. The molecule has 2 heterocycles. The van der Waals surface area contributed by atoms with E-state index in [4.69, 9.17) is 14.0 Å². The van der Waals surface area contributed by atoms with Crippen LogP contribution >= 0.6 is 0 Å². The van der Waals surface area contributed by atoms with Gasteiger partial charge in [0.05, 0.1) is 12.7 Å². The van der Waals surface area contributed by atoms with Crippen LogP contribution in [-0.4, -0.2) is 29.4 Å². The topological polar surface area (TPSA) is 69.4 Å². The van der Waals surface area contributed by atoms with Gasteiger partial charge >= 0.3 is 0 Å². The van der Waals surface area contributed by atoms with Crippen LogP contribution in [0.25, 0.3) is 0 Å². The Hall–Kier alpha value is -1.99. The molecule has 1 saturated heterocycles. The predicted molar refractivity (Wildman–Crippen MR) is 71.2 cm³/mol. The Morgan fingerprint density at radius 3 is 3.19 bits per heavy atom. The molecule has 0 amide bonds. The zero-order valence-corrected chi connectivity index (χ0v) is 11.6. The zero-order valence-electron chi connectivity index (χ0n) is 11.6. The first-order valence-electron chi connectivity index (χ1n) is 6.78. The van der Waals surface area contributed by atoms with E-state index in [0.717, 1.165) is 6.54 Å². The summed E-state index contributed by atoms with van der Waals surface area (Å²) in [6.07, 6.45) is -0.0313. The largest absolute Gasteiger partial charge is 0.485 e. The molecule has 1 aliphatic rings. The van der Waals surface area contributed by atoms with Crippen molar-refractivity contribution in [3.05, 3.63) is 41.8 Å². The molecule has 1 aromatic heterocycles. The Balaban J connectivity index is 1.62. The molecule has 21 heavy (non-hydrogen) atoms. The summed E-state index contributed by atoms with van der Waals surface area (Å²) >= 11 is 0. The summed E-state index contributed by atoms with van der Waals surface area (Å²) in [5, 5.41) is 7.13. The Bertz CT molecular complexity index is 605. The number of hydrogen-bond acceptors (Lipinski definition) is 6. The molecule has 7 heteroatoms. The summed E-state index contributed by atoms with van der Waals surface area (Å²) in [7, 11) is 0. The van der Waals surface area contributed by atoms with Crippen LogP contribution in [0.3, 0.4) is 0 Å². The van der Waals surface area contributed by atoms with E-state index in [1.165, 1.54) is 12.1 Å². The van der Waals surface area contributed by atoms with Crippen molar-refractivity contribution in [1.29, 1.82) is 0 Å². The fraction of sp³-hybridized carbons (Fsp3) is 0.429. The average Bonchev–Trinajstić information content (AvgIpc) is 2.94. The fourth-order valence-corrected chi connectivity index (χ4v) is 2.17. The number of hydrogen-bond donors (Lipinski definition) is 1. The molecule has 0 radical (unpaired) electrons. The van der Waals surface area contributed by atoms with Crippen molar-refractivity contribution >= 4 is 0 Å². The first-order valence-corrected chi connectivity index (χ1v) is 6.78. The Morgan fingerprint density at radius 2 is 2.38 bits per heavy atom. The van der Waals surface area contributed by atoms with Crippen LogP contribution < -0.4 is 10.1 Å². The molecule has 1 aliphatic heterocycles. The highest BCUT2D eigenvalue weighted by Gasteiger charge is 2.28. The minimum atomic E-state index is -0.348. The van der Waals surface area contributed by atoms with Gasteiger partial charge in [0.15, 0.2) is 6.61 Å². The van der Waals surface area contributed by atoms with E-state index in [1.54, 1.807) is 12.1 Å². The van der Waals surface area contributed by atoms with Gasteiger partial charge in [-0.3, -0.25) is 0 Å². The molecule has 112 valence electrons. The van der Waals surface area contributed by atoms with Gasteiger partial charge in [-0.1, -0.05) is 11.2 Å².